The molecule has 0 spiro atoms. The van der Waals surface area contributed by atoms with Gasteiger partial charge in [-0.1, -0.05) is 53.2 Å². The topological polar surface area (TPSA) is 253 Å². The zero-order valence-electron chi connectivity index (χ0n) is 33.4. The first kappa shape index (κ1) is 42.5. The Balaban J connectivity index is 1.19. The lowest BCUT2D eigenvalue weighted by Gasteiger charge is -2.72. The number of aliphatic hydroxyl groups excluding tert-OH is 8. The summed E-state index contributed by atoms with van der Waals surface area (Å²) in [6.07, 6.45) is -10.3. The Labute approximate surface area is 328 Å². The molecule has 6 fully saturated rings. The van der Waals surface area contributed by atoms with Gasteiger partial charge in [-0.25, -0.2) is 4.79 Å². The fourth-order valence-electron chi connectivity index (χ4n) is 13.3. The van der Waals surface area contributed by atoms with E-state index in [-0.39, 0.29) is 47.6 Å². The van der Waals surface area contributed by atoms with Gasteiger partial charge in [0.15, 0.2) is 18.7 Å². The minimum absolute atomic E-state index is 0.0840. The number of carbonyl (C=O) groups is 2. The lowest BCUT2D eigenvalue weighted by molar-refractivity contribution is -0.367. The largest absolute Gasteiger partial charge is 0.479 e. The first-order valence-electron chi connectivity index (χ1n) is 20.4. The van der Waals surface area contributed by atoms with Crippen LogP contribution in [-0.2, 0) is 28.5 Å². The number of allylic oxidation sites excluding steroid dienone is 1. The van der Waals surface area contributed by atoms with Crippen molar-refractivity contribution in [1.82, 2.24) is 0 Å². The van der Waals surface area contributed by atoms with Crippen molar-refractivity contribution in [3.8, 4) is 0 Å². The highest BCUT2D eigenvalue weighted by Crippen LogP contribution is 2.75. The molecule has 20 atom stereocenters. The van der Waals surface area contributed by atoms with Gasteiger partial charge in [0, 0.05) is 29.8 Å². The second kappa shape index (κ2) is 14.3. The van der Waals surface area contributed by atoms with Crippen molar-refractivity contribution in [2.24, 2.45) is 50.2 Å². The number of hydrogen-bond acceptors (Lipinski definition) is 14. The molecule has 5 aliphatic carbocycles. The molecule has 20 unspecified atom stereocenters. The summed E-state index contributed by atoms with van der Waals surface area (Å²) >= 11 is 0. The van der Waals surface area contributed by atoms with Gasteiger partial charge in [-0.2, -0.15) is 0 Å². The number of hydrogen-bond donors (Lipinski definition) is 9. The van der Waals surface area contributed by atoms with Gasteiger partial charge in [0.1, 0.15) is 42.4 Å². The van der Waals surface area contributed by atoms with Crippen LogP contribution in [0, 0.1) is 50.2 Å². The molecule has 318 valence electrons. The minimum Gasteiger partial charge on any atom is -0.479 e. The molecular weight excluding hydrogens is 732 g/mol. The molecule has 15 nitrogen and oxygen atoms in total. The molecule has 15 heteroatoms. The fraction of sp³-hybridized carbons (Fsp3) is 0.902. The SMILES string of the molecule is CC1(CO)CC(=O)C2(C)CCC3(C)C(=CC(O)C4C5(C)CCC(OC6OC(C(=O)O)C(O)C(O)C6OC6OCC(O)C(O)C6O)C(C)(CO)C5CCC43C)C2C1. The zero-order chi connectivity index (χ0) is 41.1. The Morgan fingerprint density at radius 1 is 0.839 bits per heavy atom. The van der Waals surface area contributed by atoms with Crippen LogP contribution in [0.15, 0.2) is 11.6 Å². The first-order valence-corrected chi connectivity index (χ1v) is 20.4. The lowest BCUT2D eigenvalue weighted by Crippen LogP contribution is -2.69. The normalized spacial score (nSPS) is 55.9. The van der Waals surface area contributed by atoms with Gasteiger partial charge in [-0.05, 0) is 78.4 Å². The molecule has 7 rings (SSSR count). The lowest BCUT2D eigenvalue weighted by atomic mass is 9.33. The van der Waals surface area contributed by atoms with Crippen molar-refractivity contribution in [3.63, 3.8) is 0 Å². The van der Waals surface area contributed by atoms with Crippen LogP contribution in [0.1, 0.15) is 92.9 Å². The van der Waals surface area contributed by atoms with Crippen LogP contribution in [0.3, 0.4) is 0 Å². The number of carbonyl (C=O) groups excluding carboxylic acids is 1. The van der Waals surface area contributed by atoms with Gasteiger partial charge in [0.2, 0.25) is 0 Å². The van der Waals surface area contributed by atoms with Crippen LogP contribution < -0.4 is 0 Å². The van der Waals surface area contributed by atoms with Crippen molar-refractivity contribution in [2.45, 2.75) is 160 Å². The molecule has 7 aliphatic rings. The summed E-state index contributed by atoms with van der Waals surface area (Å²) in [7, 11) is 0. The molecule has 9 N–H and O–H groups in total. The molecule has 0 aromatic rings. The van der Waals surface area contributed by atoms with E-state index in [1.54, 1.807) is 0 Å². The maximum Gasteiger partial charge on any atom is 0.335 e. The number of fused-ring (bicyclic) bond motifs is 7. The number of rotatable bonds is 7. The smallest absolute Gasteiger partial charge is 0.335 e. The van der Waals surface area contributed by atoms with Crippen LogP contribution in [0.25, 0.3) is 0 Å². The second-order valence-corrected chi connectivity index (χ2v) is 20.1. The molecule has 2 saturated heterocycles. The fourth-order valence-corrected chi connectivity index (χ4v) is 13.3. The number of carboxylic acids is 1. The van der Waals surface area contributed by atoms with Crippen LogP contribution in [-0.4, -0.2) is 145 Å². The molecule has 0 amide bonds. The van der Waals surface area contributed by atoms with Gasteiger partial charge in [-0.15, -0.1) is 0 Å². The van der Waals surface area contributed by atoms with Crippen molar-refractivity contribution in [3.05, 3.63) is 11.6 Å². The van der Waals surface area contributed by atoms with E-state index in [4.69, 9.17) is 18.9 Å². The highest BCUT2D eigenvalue weighted by Gasteiger charge is 2.71. The Hall–Kier alpha value is -1.60. The summed E-state index contributed by atoms with van der Waals surface area (Å²) in [6.45, 7) is 11.9. The van der Waals surface area contributed by atoms with Crippen molar-refractivity contribution in [2.75, 3.05) is 19.8 Å². The third-order valence-corrected chi connectivity index (χ3v) is 17.0. The van der Waals surface area contributed by atoms with E-state index in [0.717, 1.165) is 18.4 Å². The quantitative estimate of drug-likeness (QED) is 0.127. The molecule has 56 heavy (non-hydrogen) atoms. The van der Waals surface area contributed by atoms with E-state index in [1.165, 1.54) is 0 Å². The number of carboxylic acid groups (broad SMARTS) is 1. The van der Waals surface area contributed by atoms with Crippen molar-refractivity contribution < 1.29 is 74.5 Å². The monoisotopic (exact) mass is 796 g/mol. The molecule has 0 radical (unpaired) electrons. The van der Waals surface area contributed by atoms with Gasteiger partial charge in [0.25, 0.3) is 0 Å². The number of aliphatic carboxylic acids is 1. The molecule has 0 bridgehead atoms. The number of aliphatic hydroxyl groups is 8. The van der Waals surface area contributed by atoms with Crippen LogP contribution in [0.5, 0.6) is 0 Å². The van der Waals surface area contributed by atoms with Gasteiger partial charge >= 0.3 is 5.97 Å². The highest BCUT2D eigenvalue weighted by atomic mass is 16.8. The minimum atomic E-state index is -1.96. The number of ketones is 1. The number of ether oxygens (including phenoxy) is 4. The molecule has 2 heterocycles. The summed E-state index contributed by atoms with van der Waals surface area (Å²) in [4.78, 5) is 25.9. The molecule has 4 saturated carbocycles. The maximum absolute atomic E-state index is 13.8. The predicted octanol–water partition coefficient (Wildman–Crippen LogP) is 0.643. The van der Waals surface area contributed by atoms with Gasteiger partial charge < -0.3 is 64.9 Å². The summed E-state index contributed by atoms with van der Waals surface area (Å²) in [5.74, 6) is -1.93. The van der Waals surface area contributed by atoms with Gasteiger partial charge in [0.05, 0.1) is 25.4 Å². The predicted molar refractivity (Wildman–Crippen MR) is 195 cm³/mol. The Morgan fingerprint density at radius 2 is 1.54 bits per heavy atom. The van der Waals surface area contributed by atoms with Crippen LogP contribution in [0.4, 0.5) is 0 Å². The molecular formula is C41H64O15. The number of Topliss-reactive ketones (excluding diaryl/α,β-unsaturated/α-hetero) is 1. The third-order valence-electron chi connectivity index (χ3n) is 17.0. The summed E-state index contributed by atoms with van der Waals surface area (Å²) in [5, 5.41) is 96.7. The van der Waals surface area contributed by atoms with Gasteiger partial charge in [-0.3, -0.25) is 4.79 Å². The standard InChI is InChI=1S/C41H64O15/c1-36(17-42)14-20-19-13-21(44)32-38(3)9-8-25(39(4,18-43)23(38)7-10-41(32,6)40(19,5)12-11-37(20,2)24(46)15-36)54-35-31(28(49)27(48)30(55-35)33(51)52)56-34-29(50)26(47)22(45)16-53-34/h13,20-23,25-32,34-35,42-45,47-50H,7-12,14-18H2,1-6H3,(H,51,52). The van der Waals surface area contributed by atoms with E-state index in [9.17, 15) is 55.5 Å². The van der Waals surface area contributed by atoms with Crippen molar-refractivity contribution >= 4 is 11.8 Å². The van der Waals surface area contributed by atoms with E-state index < -0.39 is 102 Å². The molecule has 2 aliphatic heterocycles. The van der Waals surface area contributed by atoms with E-state index >= 15 is 0 Å². The Morgan fingerprint density at radius 3 is 2.18 bits per heavy atom. The molecule has 0 aromatic heterocycles. The Bertz CT molecular complexity index is 1570. The van der Waals surface area contributed by atoms with E-state index in [1.807, 2.05) is 19.9 Å². The first-order chi connectivity index (χ1) is 26.0. The van der Waals surface area contributed by atoms with Crippen molar-refractivity contribution in [1.29, 1.82) is 0 Å². The summed E-state index contributed by atoms with van der Waals surface area (Å²) in [6, 6.07) is 0. The summed E-state index contributed by atoms with van der Waals surface area (Å²) in [5.41, 5.74) is -2.20. The zero-order valence-corrected chi connectivity index (χ0v) is 33.4. The molecule has 0 aromatic carbocycles. The van der Waals surface area contributed by atoms with Crippen LogP contribution >= 0.6 is 0 Å². The Kier molecular flexibility index (Phi) is 10.8. The second-order valence-electron chi connectivity index (χ2n) is 20.1. The third kappa shape index (κ3) is 6.04. The van der Waals surface area contributed by atoms with E-state index in [2.05, 4.69) is 27.7 Å². The summed E-state index contributed by atoms with van der Waals surface area (Å²) < 4.78 is 23.6. The maximum atomic E-state index is 13.8. The average molecular weight is 797 g/mol. The van der Waals surface area contributed by atoms with E-state index in [0.29, 0.717) is 38.5 Å². The van der Waals surface area contributed by atoms with Crippen LogP contribution in [0.2, 0.25) is 0 Å². The average Bonchev–Trinajstić information content (AvgIpc) is 3.14. The highest BCUT2D eigenvalue weighted by molar-refractivity contribution is 5.87.